The van der Waals surface area contributed by atoms with Gasteiger partial charge in [-0.2, -0.15) is 0 Å². The second kappa shape index (κ2) is 7.97. The van der Waals surface area contributed by atoms with Gasteiger partial charge in [-0.1, -0.05) is 50.1 Å². The van der Waals surface area contributed by atoms with E-state index >= 15 is 0 Å². The first-order valence-corrected chi connectivity index (χ1v) is 8.25. The summed E-state index contributed by atoms with van der Waals surface area (Å²) in [4.78, 5) is 28.2. The van der Waals surface area contributed by atoms with Crippen molar-refractivity contribution in [3.05, 3.63) is 35.9 Å². The smallest absolute Gasteiger partial charge is 0.245 e. The molecule has 1 heterocycles. The van der Waals surface area contributed by atoms with Gasteiger partial charge in [-0.3, -0.25) is 9.59 Å². The molecule has 0 radical (unpaired) electrons. The molecule has 4 nitrogen and oxygen atoms in total. The maximum atomic E-state index is 12.5. The number of carbonyl (C=O) groups is 2. The summed E-state index contributed by atoms with van der Waals surface area (Å²) < 4.78 is 0. The van der Waals surface area contributed by atoms with E-state index < -0.39 is 0 Å². The maximum absolute atomic E-state index is 12.5. The van der Waals surface area contributed by atoms with Gasteiger partial charge in [0.2, 0.25) is 11.8 Å². The van der Waals surface area contributed by atoms with Crippen LogP contribution in [-0.2, 0) is 16.0 Å². The normalized spacial score (nSPS) is 18.9. The summed E-state index contributed by atoms with van der Waals surface area (Å²) in [6, 6.07) is 9.75. The Kier molecular flexibility index (Phi) is 5.99. The summed E-state index contributed by atoms with van der Waals surface area (Å²) in [5.41, 5.74) is 1.20. The molecule has 120 valence electrons. The number of benzene rings is 1. The predicted octanol–water partition coefficient (Wildman–Crippen LogP) is 2.48. The van der Waals surface area contributed by atoms with E-state index in [9.17, 15) is 9.59 Å². The number of carbonyl (C=O) groups excluding carboxylic acids is 2. The van der Waals surface area contributed by atoms with Gasteiger partial charge < -0.3 is 9.80 Å². The fourth-order valence-electron chi connectivity index (χ4n) is 2.89. The third kappa shape index (κ3) is 4.09. The molecule has 0 bridgehead atoms. The zero-order chi connectivity index (χ0) is 15.9. The van der Waals surface area contributed by atoms with Crippen molar-refractivity contribution in [3.63, 3.8) is 0 Å². The quantitative estimate of drug-likeness (QED) is 0.726. The highest BCUT2D eigenvalue weighted by Crippen LogP contribution is 2.14. The lowest BCUT2D eigenvalue weighted by Gasteiger charge is -2.38. The number of amides is 2. The van der Waals surface area contributed by atoms with Crippen molar-refractivity contribution in [1.82, 2.24) is 9.80 Å². The van der Waals surface area contributed by atoms with Gasteiger partial charge in [0.25, 0.3) is 0 Å². The lowest BCUT2D eigenvalue weighted by molar-refractivity contribution is -0.155. The summed E-state index contributed by atoms with van der Waals surface area (Å²) in [7, 11) is 0. The third-order valence-electron chi connectivity index (χ3n) is 4.30. The van der Waals surface area contributed by atoms with Crippen molar-refractivity contribution in [1.29, 1.82) is 0 Å². The van der Waals surface area contributed by atoms with Gasteiger partial charge in [-0.15, -0.1) is 0 Å². The van der Waals surface area contributed by atoms with Crippen molar-refractivity contribution in [2.45, 2.75) is 45.6 Å². The molecular weight excluding hydrogens is 276 g/mol. The Bertz CT molecular complexity index is 501. The van der Waals surface area contributed by atoms with E-state index in [-0.39, 0.29) is 24.4 Å². The number of piperazine rings is 1. The summed E-state index contributed by atoms with van der Waals surface area (Å²) >= 11 is 0. The molecule has 1 saturated heterocycles. The van der Waals surface area contributed by atoms with Crippen LogP contribution in [0.4, 0.5) is 0 Å². The van der Waals surface area contributed by atoms with Crippen LogP contribution in [0.25, 0.3) is 0 Å². The highest BCUT2D eigenvalue weighted by molar-refractivity contribution is 5.94. The lowest BCUT2D eigenvalue weighted by Crippen LogP contribution is -2.59. The molecule has 0 N–H and O–H groups in total. The minimum atomic E-state index is -0.325. The largest absolute Gasteiger partial charge is 0.331 e. The zero-order valence-electron chi connectivity index (χ0n) is 13.6. The monoisotopic (exact) mass is 302 g/mol. The van der Waals surface area contributed by atoms with Crippen LogP contribution < -0.4 is 0 Å². The highest BCUT2D eigenvalue weighted by atomic mass is 16.2. The number of rotatable bonds is 7. The molecule has 1 aliphatic rings. The van der Waals surface area contributed by atoms with Crippen LogP contribution in [-0.4, -0.2) is 47.3 Å². The average Bonchev–Trinajstić information content (AvgIpc) is 2.54. The third-order valence-corrected chi connectivity index (χ3v) is 4.30. The van der Waals surface area contributed by atoms with Crippen LogP contribution in [0.2, 0.25) is 0 Å². The fourth-order valence-corrected chi connectivity index (χ4v) is 2.89. The van der Waals surface area contributed by atoms with Crippen molar-refractivity contribution < 1.29 is 9.59 Å². The first kappa shape index (κ1) is 16.5. The average molecular weight is 302 g/mol. The number of hydrogen-bond acceptors (Lipinski definition) is 2. The van der Waals surface area contributed by atoms with Gasteiger partial charge in [0.05, 0.1) is 6.54 Å². The van der Waals surface area contributed by atoms with Crippen LogP contribution in [0, 0.1) is 0 Å². The molecule has 0 aliphatic carbocycles. The van der Waals surface area contributed by atoms with Crippen molar-refractivity contribution in [2.75, 3.05) is 19.6 Å². The molecule has 1 fully saturated rings. The Morgan fingerprint density at radius 3 is 2.50 bits per heavy atom. The Hall–Kier alpha value is -1.84. The molecule has 0 saturated carbocycles. The van der Waals surface area contributed by atoms with E-state index in [2.05, 4.69) is 19.1 Å². The molecule has 0 unspecified atom stereocenters. The van der Waals surface area contributed by atoms with E-state index in [1.807, 2.05) is 25.1 Å². The first-order valence-electron chi connectivity index (χ1n) is 8.25. The van der Waals surface area contributed by atoms with E-state index in [4.69, 9.17) is 0 Å². The molecule has 1 atom stereocenters. The van der Waals surface area contributed by atoms with E-state index in [1.165, 1.54) is 5.56 Å². The Balaban J connectivity index is 1.90. The van der Waals surface area contributed by atoms with Crippen LogP contribution >= 0.6 is 0 Å². The molecule has 22 heavy (non-hydrogen) atoms. The van der Waals surface area contributed by atoms with E-state index in [0.717, 1.165) is 25.7 Å². The standard InChI is InChI=1S/C18H26N2O2/c1-3-4-8-12-20-15(2)18(22)19(14-17(20)21)13-11-16-9-6-5-7-10-16/h5-7,9-10,15H,3-4,8,11-14H2,1-2H3/t15-/m0/s1. The van der Waals surface area contributed by atoms with Crippen molar-refractivity contribution in [2.24, 2.45) is 0 Å². The van der Waals surface area contributed by atoms with Gasteiger partial charge in [-0.05, 0) is 25.3 Å². The second-order valence-corrected chi connectivity index (χ2v) is 5.97. The summed E-state index contributed by atoms with van der Waals surface area (Å²) in [6.07, 6.45) is 3.99. The zero-order valence-corrected chi connectivity index (χ0v) is 13.6. The molecule has 1 aromatic carbocycles. The van der Waals surface area contributed by atoms with E-state index in [0.29, 0.717) is 13.1 Å². The Morgan fingerprint density at radius 1 is 1.09 bits per heavy atom. The second-order valence-electron chi connectivity index (χ2n) is 5.97. The number of nitrogens with zero attached hydrogens (tertiary/aromatic N) is 2. The molecule has 0 aromatic heterocycles. The fraction of sp³-hybridized carbons (Fsp3) is 0.556. The van der Waals surface area contributed by atoms with Crippen LogP contribution in [0.5, 0.6) is 0 Å². The van der Waals surface area contributed by atoms with Crippen molar-refractivity contribution in [3.8, 4) is 0 Å². The minimum absolute atomic E-state index is 0.0760. The van der Waals surface area contributed by atoms with Crippen LogP contribution in [0.3, 0.4) is 0 Å². The Labute approximate surface area is 133 Å². The molecule has 1 aromatic rings. The van der Waals surface area contributed by atoms with Crippen LogP contribution in [0.1, 0.15) is 38.7 Å². The molecule has 0 spiro atoms. The minimum Gasteiger partial charge on any atom is -0.331 e. The predicted molar refractivity (Wildman–Crippen MR) is 87.4 cm³/mol. The maximum Gasteiger partial charge on any atom is 0.245 e. The van der Waals surface area contributed by atoms with Gasteiger partial charge in [0.15, 0.2) is 0 Å². The lowest BCUT2D eigenvalue weighted by atomic mass is 10.1. The molecule has 2 amide bonds. The molecule has 2 rings (SSSR count). The topological polar surface area (TPSA) is 40.6 Å². The summed E-state index contributed by atoms with van der Waals surface area (Å²) in [5, 5.41) is 0. The highest BCUT2D eigenvalue weighted by Gasteiger charge is 2.35. The van der Waals surface area contributed by atoms with E-state index in [1.54, 1.807) is 9.80 Å². The van der Waals surface area contributed by atoms with Crippen molar-refractivity contribution >= 4 is 11.8 Å². The van der Waals surface area contributed by atoms with Gasteiger partial charge >= 0.3 is 0 Å². The summed E-state index contributed by atoms with van der Waals surface area (Å²) in [6.45, 7) is 5.52. The molecule has 1 aliphatic heterocycles. The Morgan fingerprint density at radius 2 is 1.82 bits per heavy atom. The summed E-state index contributed by atoms with van der Waals surface area (Å²) in [5.74, 6) is 0.156. The van der Waals surface area contributed by atoms with Gasteiger partial charge in [0.1, 0.15) is 6.04 Å². The van der Waals surface area contributed by atoms with Gasteiger partial charge in [0, 0.05) is 13.1 Å². The van der Waals surface area contributed by atoms with Gasteiger partial charge in [-0.25, -0.2) is 0 Å². The number of hydrogen-bond donors (Lipinski definition) is 0. The first-order chi connectivity index (χ1) is 10.6. The molecule has 4 heteroatoms. The molecular formula is C18H26N2O2. The van der Waals surface area contributed by atoms with Crippen LogP contribution in [0.15, 0.2) is 30.3 Å². The SMILES string of the molecule is CCCCCN1C(=O)CN(CCc2ccccc2)C(=O)[C@@H]1C. The number of unbranched alkanes of at least 4 members (excludes halogenated alkanes) is 2.